The second kappa shape index (κ2) is 5.02. The molecule has 1 rings (SSSR count). The summed E-state index contributed by atoms with van der Waals surface area (Å²) in [7, 11) is 0. The van der Waals surface area contributed by atoms with Crippen molar-refractivity contribution in [2.45, 2.75) is 32.8 Å². The first-order valence-corrected chi connectivity index (χ1v) is 5.55. The Bertz CT molecular complexity index is 399. The lowest BCUT2D eigenvalue weighted by Gasteiger charge is -2.19. The minimum Gasteiger partial charge on any atom is -0.460 e. The molecular weight excluding hydrogens is 249 g/mol. The Morgan fingerprint density at radius 3 is 2.56 bits per heavy atom. The molecule has 0 radical (unpaired) electrons. The molecule has 0 aliphatic rings. The molecule has 3 nitrogen and oxygen atoms in total. The lowest BCUT2D eigenvalue weighted by atomic mass is 10.2. The minimum absolute atomic E-state index is 0.0489. The molecule has 1 heterocycles. The van der Waals surface area contributed by atoms with Crippen LogP contribution in [-0.2, 0) is 16.0 Å². The Balaban J connectivity index is 2.70. The highest BCUT2D eigenvalue weighted by Gasteiger charge is 2.18. The number of halogens is 2. The molecule has 0 unspecified atom stereocenters. The van der Waals surface area contributed by atoms with E-state index >= 15 is 0 Å². The van der Waals surface area contributed by atoms with Crippen molar-refractivity contribution in [3.8, 4) is 0 Å². The fourth-order valence-electron chi connectivity index (χ4n) is 1.09. The van der Waals surface area contributed by atoms with Gasteiger partial charge in [0.2, 0.25) is 0 Å². The fraction of sp³-hybridized carbons (Fsp3) is 0.455. The molecular formula is C11H13Cl2NO2. The van der Waals surface area contributed by atoms with Gasteiger partial charge in [-0.2, -0.15) is 0 Å². The molecule has 0 atom stereocenters. The number of carbonyl (C=O) groups is 1. The molecule has 0 fully saturated rings. The van der Waals surface area contributed by atoms with Gasteiger partial charge in [-0.3, -0.25) is 9.78 Å². The van der Waals surface area contributed by atoms with Gasteiger partial charge in [-0.15, -0.1) is 0 Å². The number of hydrogen-bond donors (Lipinski definition) is 0. The number of pyridine rings is 1. The molecule has 0 saturated carbocycles. The number of rotatable bonds is 2. The second-order valence-electron chi connectivity index (χ2n) is 4.35. The van der Waals surface area contributed by atoms with Gasteiger partial charge >= 0.3 is 5.97 Å². The minimum atomic E-state index is -0.504. The van der Waals surface area contributed by atoms with Crippen molar-refractivity contribution in [1.29, 1.82) is 0 Å². The number of carbonyl (C=O) groups excluding carboxylic acids is 1. The molecule has 1 aromatic heterocycles. The van der Waals surface area contributed by atoms with Gasteiger partial charge in [0.05, 0.1) is 22.2 Å². The quantitative estimate of drug-likeness (QED) is 0.768. The third-order valence-corrected chi connectivity index (χ3v) is 2.15. The normalized spacial score (nSPS) is 11.3. The second-order valence-corrected chi connectivity index (χ2v) is 5.19. The van der Waals surface area contributed by atoms with E-state index in [1.165, 1.54) is 6.20 Å². The molecule has 0 amide bonds. The van der Waals surface area contributed by atoms with Crippen LogP contribution in [0.5, 0.6) is 0 Å². The van der Waals surface area contributed by atoms with E-state index in [-0.39, 0.29) is 12.4 Å². The van der Waals surface area contributed by atoms with Gasteiger partial charge in [-0.05, 0) is 26.8 Å². The number of hydrogen-bond acceptors (Lipinski definition) is 3. The number of aromatic nitrogens is 1. The molecule has 0 N–H and O–H groups in total. The van der Waals surface area contributed by atoms with Crippen LogP contribution in [-0.4, -0.2) is 16.6 Å². The van der Waals surface area contributed by atoms with Crippen LogP contribution in [0.3, 0.4) is 0 Å². The lowest BCUT2D eigenvalue weighted by molar-refractivity contribution is -0.153. The fourth-order valence-corrected chi connectivity index (χ4v) is 1.53. The highest BCUT2D eigenvalue weighted by atomic mass is 35.5. The summed E-state index contributed by atoms with van der Waals surface area (Å²) in [5.41, 5.74) is -0.0315. The molecule has 0 aliphatic carbocycles. The van der Waals surface area contributed by atoms with E-state index < -0.39 is 5.60 Å². The van der Waals surface area contributed by atoms with Crippen LogP contribution >= 0.6 is 23.2 Å². The summed E-state index contributed by atoms with van der Waals surface area (Å²) in [4.78, 5) is 15.5. The number of esters is 1. The molecule has 0 aliphatic heterocycles. The standard InChI is InChI=1S/C11H13Cl2NO2/c1-11(2,3)16-10(15)5-9-8(13)4-7(12)6-14-9/h4,6H,5H2,1-3H3. The van der Waals surface area contributed by atoms with Crippen LogP contribution in [0.1, 0.15) is 26.5 Å². The average Bonchev–Trinajstić information content (AvgIpc) is 2.06. The zero-order chi connectivity index (χ0) is 12.3. The predicted molar refractivity (Wildman–Crippen MR) is 63.8 cm³/mol. The Labute approximate surface area is 105 Å². The van der Waals surface area contributed by atoms with Crippen molar-refractivity contribution >= 4 is 29.2 Å². The van der Waals surface area contributed by atoms with Crippen molar-refractivity contribution in [1.82, 2.24) is 4.98 Å². The van der Waals surface area contributed by atoms with Crippen molar-refractivity contribution in [2.24, 2.45) is 0 Å². The first-order valence-electron chi connectivity index (χ1n) is 4.80. The maximum atomic E-state index is 11.5. The molecule has 0 bridgehead atoms. The summed E-state index contributed by atoms with van der Waals surface area (Å²) in [6, 6.07) is 1.55. The van der Waals surface area contributed by atoms with E-state index in [4.69, 9.17) is 27.9 Å². The number of nitrogens with zero attached hydrogens (tertiary/aromatic N) is 1. The maximum Gasteiger partial charge on any atom is 0.312 e. The molecule has 88 valence electrons. The van der Waals surface area contributed by atoms with E-state index in [1.54, 1.807) is 6.07 Å². The van der Waals surface area contributed by atoms with E-state index in [9.17, 15) is 4.79 Å². The Morgan fingerprint density at radius 2 is 2.06 bits per heavy atom. The summed E-state index contributed by atoms with van der Waals surface area (Å²) in [5, 5.41) is 0.816. The zero-order valence-corrected chi connectivity index (χ0v) is 10.9. The predicted octanol–water partition coefficient (Wildman–Crippen LogP) is 3.27. The van der Waals surface area contributed by atoms with Gasteiger partial charge in [0.25, 0.3) is 0 Å². The Kier molecular flexibility index (Phi) is 4.16. The topological polar surface area (TPSA) is 39.2 Å². The maximum absolute atomic E-state index is 11.5. The van der Waals surface area contributed by atoms with E-state index in [0.29, 0.717) is 15.7 Å². The first-order chi connectivity index (χ1) is 7.28. The van der Waals surface area contributed by atoms with Crippen molar-refractivity contribution in [3.05, 3.63) is 28.0 Å². The largest absolute Gasteiger partial charge is 0.460 e. The van der Waals surface area contributed by atoms with Gasteiger partial charge in [-0.1, -0.05) is 23.2 Å². The zero-order valence-electron chi connectivity index (χ0n) is 9.38. The van der Waals surface area contributed by atoms with Crippen molar-refractivity contribution in [2.75, 3.05) is 0 Å². The van der Waals surface area contributed by atoms with Crippen LogP contribution in [0.2, 0.25) is 10.0 Å². The van der Waals surface area contributed by atoms with Gasteiger partial charge in [0, 0.05) is 6.20 Å². The summed E-state index contributed by atoms with van der Waals surface area (Å²) in [6.45, 7) is 5.42. The van der Waals surface area contributed by atoms with Crippen LogP contribution in [0, 0.1) is 0 Å². The van der Waals surface area contributed by atoms with E-state index in [1.807, 2.05) is 20.8 Å². The highest BCUT2D eigenvalue weighted by Crippen LogP contribution is 2.19. The summed E-state index contributed by atoms with van der Waals surface area (Å²) < 4.78 is 5.16. The number of ether oxygens (including phenoxy) is 1. The summed E-state index contributed by atoms with van der Waals surface area (Å²) in [6.07, 6.45) is 1.50. The van der Waals surface area contributed by atoms with E-state index in [2.05, 4.69) is 4.98 Å². The average molecular weight is 262 g/mol. The smallest absolute Gasteiger partial charge is 0.312 e. The third kappa shape index (κ3) is 4.37. The lowest BCUT2D eigenvalue weighted by Crippen LogP contribution is -2.25. The molecule has 0 aromatic carbocycles. The molecule has 0 spiro atoms. The molecule has 1 aromatic rings. The van der Waals surface area contributed by atoms with Crippen LogP contribution in [0.25, 0.3) is 0 Å². The summed E-state index contributed by atoms with van der Waals surface area (Å²) >= 11 is 11.6. The van der Waals surface area contributed by atoms with E-state index in [0.717, 1.165) is 0 Å². The third-order valence-electron chi connectivity index (χ3n) is 1.62. The molecule has 0 saturated heterocycles. The molecule has 16 heavy (non-hydrogen) atoms. The van der Waals surface area contributed by atoms with Crippen LogP contribution in [0.15, 0.2) is 12.3 Å². The first kappa shape index (κ1) is 13.3. The summed E-state index contributed by atoms with van der Waals surface area (Å²) in [5.74, 6) is -0.357. The van der Waals surface area contributed by atoms with Gasteiger partial charge < -0.3 is 4.74 Å². The monoisotopic (exact) mass is 261 g/mol. The van der Waals surface area contributed by atoms with Crippen molar-refractivity contribution < 1.29 is 9.53 Å². The van der Waals surface area contributed by atoms with Gasteiger partial charge in [0.15, 0.2) is 0 Å². The Morgan fingerprint density at radius 1 is 1.44 bits per heavy atom. The van der Waals surface area contributed by atoms with Gasteiger partial charge in [0.1, 0.15) is 5.60 Å². The van der Waals surface area contributed by atoms with Gasteiger partial charge in [-0.25, -0.2) is 0 Å². The van der Waals surface area contributed by atoms with Crippen LogP contribution < -0.4 is 0 Å². The SMILES string of the molecule is CC(C)(C)OC(=O)Cc1ncc(Cl)cc1Cl. The van der Waals surface area contributed by atoms with Crippen molar-refractivity contribution in [3.63, 3.8) is 0 Å². The highest BCUT2D eigenvalue weighted by molar-refractivity contribution is 6.34. The Hall–Kier alpha value is -0.800. The van der Waals surface area contributed by atoms with Crippen LogP contribution in [0.4, 0.5) is 0 Å². The molecule has 5 heteroatoms.